The molecule has 2 unspecified atom stereocenters. The Balaban J connectivity index is 1.95. The van der Waals surface area contributed by atoms with E-state index in [-0.39, 0.29) is 0 Å². The number of hydrogen-bond donors (Lipinski definition) is 1. The van der Waals surface area contributed by atoms with Gasteiger partial charge in [-0.05, 0) is 28.2 Å². The van der Waals surface area contributed by atoms with E-state index in [0.29, 0.717) is 12.0 Å². The Kier molecular flexibility index (Phi) is 2.34. The van der Waals surface area contributed by atoms with Gasteiger partial charge in [-0.1, -0.05) is 18.2 Å². The molecule has 2 atom stereocenters. The van der Waals surface area contributed by atoms with Gasteiger partial charge in [-0.15, -0.1) is 0 Å². The number of aryl methyl sites for hydroxylation is 1. The Morgan fingerprint density at radius 1 is 1.50 bits per heavy atom. The van der Waals surface area contributed by atoms with Crippen LogP contribution in [0.1, 0.15) is 5.56 Å². The van der Waals surface area contributed by atoms with E-state index >= 15 is 0 Å². The van der Waals surface area contributed by atoms with Crippen LogP contribution in [-0.4, -0.2) is 19.5 Å². The van der Waals surface area contributed by atoms with E-state index in [1.165, 1.54) is 5.57 Å². The first-order chi connectivity index (χ1) is 7.74. The van der Waals surface area contributed by atoms with Gasteiger partial charge in [0.2, 0.25) is 0 Å². The van der Waals surface area contributed by atoms with Crippen LogP contribution in [0.15, 0.2) is 35.7 Å². The van der Waals surface area contributed by atoms with Gasteiger partial charge >= 0.3 is 0 Å². The predicted molar refractivity (Wildman–Crippen MR) is 72.2 cm³/mol. The maximum Gasteiger partial charge on any atom is 0.107 e. The molecule has 1 aliphatic carbocycles. The SMILES string of the molecule is Cn1cc(C2=CC3C(I)=NNC3C=C2)cn1. The molecular formula is C11H11IN4. The number of aromatic nitrogens is 2. The molecule has 1 N–H and O–H groups in total. The van der Waals surface area contributed by atoms with E-state index in [1.54, 1.807) is 0 Å². The quantitative estimate of drug-likeness (QED) is 0.799. The predicted octanol–water partition coefficient (Wildman–Crippen LogP) is 1.71. The van der Waals surface area contributed by atoms with Crippen molar-refractivity contribution < 1.29 is 0 Å². The van der Waals surface area contributed by atoms with Gasteiger partial charge in [0.15, 0.2) is 0 Å². The number of hydrogen-bond acceptors (Lipinski definition) is 3. The second-order valence-corrected chi connectivity index (χ2v) is 5.10. The minimum absolute atomic E-state index is 0.326. The van der Waals surface area contributed by atoms with Crippen molar-refractivity contribution in [1.29, 1.82) is 0 Å². The van der Waals surface area contributed by atoms with Gasteiger partial charge in [0, 0.05) is 18.8 Å². The summed E-state index contributed by atoms with van der Waals surface area (Å²) < 4.78 is 2.94. The van der Waals surface area contributed by atoms with Crippen LogP contribution in [0.25, 0.3) is 5.57 Å². The number of halogens is 1. The lowest BCUT2D eigenvalue weighted by molar-refractivity contribution is 0.624. The summed E-state index contributed by atoms with van der Waals surface area (Å²) in [7, 11) is 1.93. The molecule has 4 nitrogen and oxygen atoms in total. The summed E-state index contributed by atoms with van der Waals surface area (Å²) in [5.74, 6) is 0.376. The van der Waals surface area contributed by atoms with Crippen LogP contribution in [0.5, 0.6) is 0 Å². The highest BCUT2D eigenvalue weighted by Crippen LogP contribution is 2.29. The molecule has 0 saturated carbocycles. The molecule has 0 aromatic carbocycles. The van der Waals surface area contributed by atoms with E-state index in [2.05, 4.69) is 56.4 Å². The van der Waals surface area contributed by atoms with Crippen LogP contribution in [-0.2, 0) is 7.05 Å². The van der Waals surface area contributed by atoms with Crippen LogP contribution >= 0.6 is 22.6 Å². The van der Waals surface area contributed by atoms with E-state index < -0.39 is 0 Å². The Morgan fingerprint density at radius 3 is 3.12 bits per heavy atom. The van der Waals surface area contributed by atoms with Gasteiger partial charge in [0.05, 0.1) is 18.2 Å². The minimum atomic E-state index is 0.326. The molecule has 2 aliphatic rings. The molecule has 2 heterocycles. The van der Waals surface area contributed by atoms with Crippen molar-refractivity contribution in [3.8, 4) is 0 Å². The highest BCUT2D eigenvalue weighted by Gasteiger charge is 2.29. The fraction of sp³-hybridized carbons (Fsp3) is 0.273. The normalized spacial score (nSPS) is 27.1. The second kappa shape index (κ2) is 3.73. The lowest BCUT2D eigenvalue weighted by Crippen LogP contribution is -2.26. The lowest BCUT2D eigenvalue weighted by atomic mass is 9.91. The zero-order chi connectivity index (χ0) is 11.1. The first-order valence-electron chi connectivity index (χ1n) is 5.12. The molecule has 1 aromatic heterocycles. The molecule has 5 heteroatoms. The van der Waals surface area contributed by atoms with E-state index in [9.17, 15) is 0 Å². The van der Waals surface area contributed by atoms with Crippen LogP contribution in [0.3, 0.4) is 0 Å². The van der Waals surface area contributed by atoms with Gasteiger partial charge in [-0.3, -0.25) is 4.68 Å². The summed E-state index contributed by atoms with van der Waals surface area (Å²) in [5, 5.41) is 8.44. The third-order valence-electron chi connectivity index (χ3n) is 2.86. The molecule has 1 aliphatic heterocycles. The molecule has 3 rings (SSSR count). The number of nitrogens with one attached hydrogen (secondary N) is 1. The second-order valence-electron chi connectivity index (χ2n) is 4.00. The number of rotatable bonds is 1. The first-order valence-corrected chi connectivity index (χ1v) is 6.19. The van der Waals surface area contributed by atoms with E-state index in [1.807, 2.05) is 24.1 Å². The van der Waals surface area contributed by atoms with E-state index in [0.717, 1.165) is 9.28 Å². The van der Waals surface area contributed by atoms with Gasteiger partial charge in [0.1, 0.15) is 3.72 Å². The summed E-state index contributed by atoms with van der Waals surface area (Å²) in [4.78, 5) is 0. The molecule has 0 fully saturated rings. The molecular weight excluding hydrogens is 315 g/mol. The molecule has 0 spiro atoms. The average molecular weight is 326 g/mol. The first kappa shape index (κ1) is 10.1. The van der Waals surface area contributed by atoms with Gasteiger partial charge in [-0.2, -0.15) is 10.2 Å². The molecule has 82 valence electrons. The van der Waals surface area contributed by atoms with Gasteiger partial charge < -0.3 is 5.43 Å². The topological polar surface area (TPSA) is 42.2 Å². The number of hydrazone groups is 1. The van der Waals surface area contributed by atoms with Crippen molar-refractivity contribution in [3.63, 3.8) is 0 Å². The highest BCUT2D eigenvalue weighted by atomic mass is 127. The smallest absolute Gasteiger partial charge is 0.107 e. The Labute approximate surface area is 107 Å². The van der Waals surface area contributed by atoms with Gasteiger partial charge in [-0.25, -0.2) is 0 Å². The summed E-state index contributed by atoms with van der Waals surface area (Å²) in [6, 6.07) is 0.326. The van der Waals surface area contributed by atoms with Crippen LogP contribution in [0, 0.1) is 5.92 Å². The van der Waals surface area contributed by atoms with Crippen molar-refractivity contribution in [1.82, 2.24) is 15.2 Å². The van der Waals surface area contributed by atoms with Crippen molar-refractivity contribution in [2.45, 2.75) is 6.04 Å². The zero-order valence-electron chi connectivity index (χ0n) is 8.76. The lowest BCUT2D eigenvalue weighted by Gasteiger charge is -2.17. The third kappa shape index (κ3) is 1.59. The minimum Gasteiger partial charge on any atom is -0.301 e. The maximum absolute atomic E-state index is 4.25. The molecule has 0 saturated heterocycles. The molecule has 1 aromatic rings. The fourth-order valence-electron chi connectivity index (χ4n) is 1.99. The van der Waals surface area contributed by atoms with Crippen LogP contribution in [0.4, 0.5) is 0 Å². The van der Waals surface area contributed by atoms with Crippen molar-refractivity contribution in [2.75, 3.05) is 0 Å². The number of nitrogens with zero attached hydrogens (tertiary/aromatic N) is 3. The molecule has 16 heavy (non-hydrogen) atoms. The Hall–Kier alpha value is -1.11. The standard InChI is InChI=1S/C11H11IN4/c1-16-6-8(5-13-16)7-2-3-10-9(4-7)11(12)15-14-10/h2-6,9-10,14H,1H3. The van der Waals surface area contributed by atoms with Crippen molar-refractivity contribution in [3.05, 3.63) is 36.2 Å². The summed E-state index contributed by atoms with van der Waals surface area (Å²) >= 11 is 2.29. The van der Waals surface area contributed by atoms with E-state index in [4.69, 9.17) is 0 Å². The molecule has 0 bridgehead atoms. The third-order valence-corrected chi connectivity index (χ3v) is 3.82. The van der Waals surface area contributed by atoms with Crippen molar-refractivity contribution in [2.24, 2.45) is 18.1 Å². The van der Waals surface area contributed by atoms with Gasteiger partial charge in [0.25, 0.3) is 0 Å². The highest BCUT2D eigenvalue weighted by molar-refractivity contribution is 14.1. The fourth-order valence-corrected chi connectivity index (χ4v) is 2.70. The summed E-state index contributed by atoms with van der Waals surface area (Å²) in [6.07, 6.45) is 10.5. The number of fused-ring (bicyclic) bond motifs is 1. The largest absolute Gasteiger partial charge is 0.301 e. The summed E-state index contributed by atoms with van der Waals surface area (Å²) in [6.45, 7) is 0. The summed E-state index contributed by atoms with van der Waals surface area (Å²) in [5.41, 5.74) is 5.50. The number of allylic oxidation sites excluding steroid dienone is 2. The maximum atomic E-state index is 4.25. The van der Waals surface area contributed by atoms with Crippen LogP contribution in [0.2, 0.25) is 0 Å². The van der Waals surface area contributed by atoms with Crippen LogP contribution < -0.4 is 5.43 Å². The Bertz CT molecular complexity index is 512. The van der Waals surface area contributed by atoms with Crippen molar-refractivity contribution >= 4 is 31.9 Å². The monoisotopic (exact) mass is 326 g/mol. The average Bonchev–Trinajstić information content (AvgIpc) is 2.86. The Morgan fingerprint density at radius 2 is 2.38 bits per heavy atom. The zero-order valence-corrected chi connectivity index (χ0v) is 10.9. The molecule has 0 amide bonds. The molecule has 0 radical (unpaired) electrons.